The van der Waals surface area contributed by atoms with Crippen molar-refractivity contribution in [1.82, 2.24) is 10.2 Å². The van der Waals surface area contributed by atoms with E-state index >= 15 is 0 Å². The summed E-state index contributed by atoms with van der Waals surface area (Å²) >= 11 is 0. The van der Waals surface area contributed by atoms with Crippen molar-refractivity contribution in [2.45, 2.75) is 57.7 Å². The van der Waals surface area contributed by atoms with Gasteiger partial charge >= 0.3 is 0 Å². The lowest BCUT2D eigenvalue weighted by Crippen LogP contribution is -2.57. The Morgan fingerprint density at radius 1 is 1.30 bits per heavy atom. The molecule has 27 heavy (non-hydrogen) atoms. The zero-order valence-electron chi connectivity index (χ0n) is 15.8. The highest BCUT2D eigenvalue weighted by atomic mass is 19.1. The van der Waals surface area contributed by atoms with E-state index in [1.165, 1.54) is 4.90 Å². The Morgan fingerprint density at radius 2 is 2.00 bits per heavy atom. The van der Waals surface area contributed by atoms with E-state index in [-0.39, 0.29) is 18.1 Å². The molecule has 1 aromatic carbocycles. The normalized spacial score (nSPS) is 27.8. The van der Waals surface area contributed by atoms with Crippen LogP contribution in [-0.4, -0.2) is 41.6 Å². The number of halogens is 2. The van der Waals surface area contributed by atoms with Crippen LogP contribution in [0.25, 0.3) is 0 Å². The number of hydrogen-bond acceptors (Lipinski definition) is 3. The van der Waals surface area contributed by atoms with E-state index in [1.54, 1.807) is 0 Å². The third kappa shape index (κ3) is 3.83. The van der Waals surface area contributed by atoms with E-state index in [0.29, 0.717) is 31.4 Å². The number of nitrogens with one attached hydrogen (secondary N) is 1. The summed E-state index contributed by atoms with van der Waals surface area (Å²) < 4.78 is 33.6. The third-order valence-electron chi connectivity index (χ3n) is 5.55. The average molecular weight is 380 g/mol. The molecular weight excluding hydrogens is 354 g/mol. The molecule has 1 aliphatic carbocycles. The number of rotatable bonds is 4. The number of amides is 2. The quantitative estimate of drug-likeness (QED) is 0.872. The van der Waals surface area contributed by atoms with Crippen LogP contribution in [0.5, 0.6) is 0 Å². The van der Waals surface area contributed by atoms with Crippen molar-refractivity contribution in [2.24, 2.45) is 5.92 Å². The SMILES string of the molecule is CCCNC(=O)[C@@H]1COC2(CCC(C)CC2)N1C(=O)c1ccc(F)cc1F. The molecule has 148 valence electrons. The van der Waals surface area contributed by atoms with Crippen LogP contribution in [0.3, 0.4) is 0 Å². The van der Waals surface area contributed by atoms with Crippen LogP contribution >= 0.6 is 0 Å². The fraction of sp³-hybridized carbons (Fsp3) is 0.600. The van der Waals surface area contributed by atoms with E-state index in [4.69, 9.17) is 4.74 Å². The molecule has 1 aliphatic heterocycles. The summed E-state index contributed by atoms with van der Waals surface area (Å²) in [6.07, 6.45) is 3.68. The predicted octanol–water partition coefficient (Wildman–Crippen LogP) is 3.24. The largest absolute Gasteiger partial charge is 0.354 e. The first-order valence-electron chi connectivity index (χ1n) is 9.58. The molecule has 0 aromatic heterocycles. The van der Waals surface area contributed by atoms with Crippen molar-refractivity contribution < 1.29 is 23.1 Å². The van der Waals surface area contributed by atoms with Crippen LogP contribution in [0, 0.1) is 17.6 Å². The van der Waals surface area contributed by atoms with E-state index in [9.17, 15) is 18.4 Å². The molecule has 5 nitrogen and oxygen atoms in total. The average Bonchev–Trinajstić information content (AvgIpc) is 3.01. The van der Waals surface area contributed by atoms with Crippen molar-refractivity contribution in [1.29, 1.82) is 0 Å². The molecule has 0 bridgehead atoms. The molecule has 2 amide bonds. The molecule has 0 radical (unpaired) electrons. The molecule has 1 saturated heterocycles. The van der Waals surface area contributed by atoms with Gasteiger partial charge < -0.3 is 10.1 Å². The molecule has 1 N–H and O–H groups in total. The second kappa shape index (κ2) is 7.92. The smallest absolute Gasteiger partial charge is 0.259 e. The summed E-state index contributed by atoms with van der Waals surface area (Å²) in [5.74, 6) is -2.11. The van der Waals surface area contributed by atoms with Gasteiger partial charge in [0, 0.05) is 12.6 Å². The fourth-order valence-corrected chi connectivity index (χ4v) is 3.94. The lowest BCUT2D eigenvalue weighted by molar-refractivity contribution is -0.127. The molecule has 1 heterocycles. The van der Waals surface area contributed by atoms with Gasteiger partial charge in [0.05, 0.1) is 12.2 Å². The summed E-state index contributed by atoms with van der Waals surface area (Å²) in [7, 11) is 0. The maximum atomic E-state index is 14.3. The van der Waals surface area contributed by atoms with Gasteiger partial charge in [-0.05, 0) is 50.2 Å². The van der Waals surface area contributed by atoms with Gasteiger partial charge in [0.1, 0.15) is 23.4 Å². The number of benzene rings is 1. The number of carbonyl (C=O) groups is 2. The summed E-state index contributed by atoms with van der Waals surface area (Å²) in [5.41, 5.74) is -1.15. The molecule has 1 aromatic rings. The summed E-state index contributed by atoms with van der Waals surface area (Å²) in [6, 6.07) is 2.05. The Labute approximate surface area is 158 Å². The van der Waals surface area contributed by atoms with E-state index in [0.717, 1.165) is 31.4 Å². The monoisotopic (exact) mass is 380 g/mol. The van der Waals surface area contributed by atoms with Crippen LogP contribution < -0.4 is 5.32 Å². The van der Waals surface area contributed by atoms with E-state index in [1.807, 2.05) is 6.92 Å². The molecule has 2 fully saturated rings. The number of carbonyl (C=O) groups excluding carboxylic acids is 2. The summed E-state index contributed by atoms with van der Waals surface area (Å²) in [4.78, 5) is 27.3. The standard InChI is InChI=1S/C20H26F2N2O3/c1-3-10-23-18(25)17-12-27-20(8-6-13(2)7-9-20)24(17)19(26)15-5-4-14(21)11-16(15)22/h4-5,11,13,17H,3,6-10,12H2,1-2H3,(H,23,25)/t13?,17-,20?/m0/s1. The Balaban J connectivity index is 1.94. The van der Waals surface area contributed by atoms with Crippen LogP contribution in [0.4, 0.5) is 8.78 Å². The van der Waals surface area contributed by atoms with Gasteiger partial charge in [-0.25, -0.2) is 8.78 Å². The van der Waals surface area contributed by atoms with Crippen LogP contribution in [0.2, 0.25) is 0 Å². The van der Waals surface area contributed by atoms with Crippen LogP contribution in [0.1, 0.15) is 56.3 Å². The maximum Gasteiger partial charge on any atom is 0.259 e. The summed E-state index contributed by atoms with van der Waals surface area (Å²) in [5, 5.41) is 2.80. The third-order valence-corrected chi connectivity index (χ3v) is 5.55. The highest BCUT2D eigenvalue weighted by molar-refractivity contribution is 5.98. The van der Waals surface area contributed by atoms with Gasteiger partial charge in [-0.2, -0.15) is 0 Å². The maximum absolute atomic E-state index is 14.3. The second-order valence-corrected chi connectivity index (χ2v) is 7.55. The predicted molar refractivity (Wildman–Crippen MR) is 95.9 cm³/mol. The van der Waals surface area contributed by atoms with Crippen molar-refractivity contribution in [3.05, 3.63) is 35.4 Å². The Hall–Kier alpha value is -2.02. The van der Waals surface area contributed by atoms with Crippen molar-refractivity contribution in [3.63, 3.8) is 0 Å². The minimum Gasteiger partial charge on any atom is -0.354 e. The van der Waals surface area contributed by atoms with Crippen LogP contribution in [-0.2, 0) is 9.53 Å². The zero-order chi connectivity index (χ0) is 19.6. The number of hydrogen-bond donors (Lipinski definition) is 1. The van der Waals surface area contributed by atoms with Gasteiger partial charge in [0.15, 0.2) is 0 Å². The van der Waals surface area contributed by atoms with Crippen LogP contribution in [0.15, 0.2) is 18.2 Å². The first-order chi connectivity index (χ1) is 12.9. The molecule has 1 spiro atoms. The molecule has 3 rings (SSSR count). The van der Waals surface area contributed by atoms with Gasteiger partial charge in [-0.1, -0.05) is 13.8 Å². The van der Waals surface area contributed by atoms with Gasteiger partial charge in [-0.15, -0.1) is 0 Å². The van der Waals surface area contributed by atoms with Gasteiger partial charge in [-0.3, -0.25) is 14.5 Å². The highest BCUT2D eigenvalue weighted by Gasteiger charge is 2.53. The minimum atomic E-state index is -0.932. The topological polar surface area (TPSA) is 58.6 Å². The van der Waals surface area contributed by atoms with Crippen molar-refractivity contribution >= 4 is 11.8 Å². The summed E-state index contributed by atoms with van der Waals surface area (Å²) in [6.45, 7) is 4.65. The van der Waals surface area contributed by atoms with Gasteiger partial charge in [0.2, 0.25) is 5.91 Å². The Morgan fingerprint density at radius 3 is 2.63 bits per heavy atom. The minimum absolute atomic E-state index is 0.0818. The van der Waals surface area contributed by atoms with Crippen molar-refractivity contribution in [2.75, 3.05) is 13.2 Å². The van der Waals surface area contributed by atoms with E-state index < -0.39 is 29.3 Å². The Bertz CT molecular complexity index is 717. The van der Waals surface area contributed by atoms with Crippen molar-refractivity contribution in [3.8, 4) is 0 Å². The second-order valence-electron chi connectivity index (χ2n) is 7.55. The zero-order valence-corrected chi connectivity index (χ0v) is 15.8. The molecule has 0 unspecified atom stereocenters. The molecule has 2 aliphatic rings. The molecular formula is C20H26F2N2O3. The Kier molecular flexibility index (Phi) is 5.79. The highest BCUT2D eigenvalue weighted by Crippen LogP contribution is 2.43. The van der Waals surface area contributed by atoms with Gasteiger partial charge in [0.25, 0.3) is 5.91 Å². The lowest BCUT2D eigenvalue weighted by Gasteiger charge is -2.43. The first kappa shape index (κ1) is 19.7. The molecule has 1 saturated carbocycles. The first-order valence-corrected chi connectivity index (χ1v) is 9.58. The number of ether oxygens (including phenoxy) is 1. The number of nitrogens with zero attached hydrogens (tertiary/aromatic N) is 1. The molecule has 7 heteroatoms. The lowest BCUT2D eigenvalue weighted by atomic mass is 9.83. The van der Waals surface area contributed by atoms with E-state index in [2.05, 4.69) is 12.2 Å². The fourth-order valence-electron chi connectivity index (χ4n) is 3.94. The molecule has 1 atom stereocenters.